The maximum Gasteiger partial charge on any atom is 0.155 e. The van der Waals surface area contributed by atoms with Gasteiger partial charge >= 0.3 is 0 Å². The summed E-state index contributed by atoms with van der Waals surface area (Å²) in [5.74, 6) is 6.00. The van der Waals surface area contributed by atoms with E-state index >= 15 is 0 Å². The van der Waals surface area contributed by atoms with Crippen LogP contribution in [0.15, 0.2) is 39.9 Å². The molecule has 0 fully saturated rings. The quantitative estimate of drug-likeness (QED) is 0.150. The third-order valence-electron chi connectivity index (χ3n) is 26.2. The number of amidine groups is 6. The van der Waals surface area contributed by atoms with Crippen LogP contribution in [-0.4, -0.2) is 122 Å². The van der Waals surface area contributed by atoms with Gasteiger partial charge in [0.05, 0.1) is 0 Å². The minimum Gasteiger partial charge on any atom is -0.351 e. The van der Waals surface area contributed by atoms with Crippen molar-refractivity contribution in [2.24, 2.45) is 54.0 Å². The molecule has 8 aromatic rings. The van der Waals surface area contributed by atoms with E-state index < -0.39 is 0 Å². The second kappa shape index (κ2) is 29.5. The zero-order chi connectivity index (χ0) is 76.0. The van der Waals surface area contributed by atoms with Gasteiger partial charge in [0.2, 0.25) is 0 Å². The predicted molar refractivity (Wildman–Crippen MR) is 447 cm³/mol. The van der Waals surface area contributed by atoms with E-state index in [4.69, 9.17) is 0 Å². The molecule has 103 heavy (non-hydrogen) atoms. The van der Waals surface area contributed by atoms with Crippen molar-refractivity contribution in [1.82, 2.24) is 18.9 Å². The Balaban J connectivity index is 0.000000133. The molecule has 12 nitrogen and oxygen atoms in total. The van der Waals surface area contributed by atoms with E-state index in [9.17, 15) is 0 Å². The van der Waals surface area contributed by atoms with Gasteiger partial charge in [-0.15, -0.1) is 0 Å². The molecule has 6 heterocycles. The Bertz CT molecular complexity index is 5090. The van der Waals surface area contributed by atoms with Crippen molar-refractivity contribution in [2.45, 2.75) is 224 Å². The summed E-state index contributed by atoms with van der Waals surface area (Å²) in [6.07, 6.45) is 11.3. The zero-order valence-electron chi connectivity index (χ0n) is 69.7. The minimum absolute atomic E-state index is 0.885. The third-order valence-corrected chi connectivity index (χ3v) is 26.2. The molecule has 12 heteroatoms. The van der Waals surface area contributed by atoms with Crippen LogP contribution < -0.4 is 0 Å². The summed E-state index contributed by atoms with van der Waals surface area (Å²) < 4.78 is 4.67. The number of aromatic nitrogens is 2. The molecule has 0 amide bonds. The second-order valence-corrected chi connectivity index (χ2v) is 30.4. The molecule has 6 aromatic carbocycles. The molecule has 0 spiro atoms. The average Bonchev–Trinajstić information content (AvgIpc) is 1.52. The third kappa shape index (κ3) is 12.1. The Hall–Kier alpha value is -8.64. The molecule has 0 unspecified atom stereocenters. The predicted octanol–water partition coefficient (Wildman–Crippen LogP) is 19.1. The Morgan fingerprint density at radius 3 is 0.854 bits per heavy atom. The normalized spacial score (nSPS) is 17.3. The van der Waals surface area contributed by atoms with Crippen molar-refractivity contribution in [2.75, 3.05) is 56.4 Å². The monoisotopic (exact) mass is 1380 g/mol. The van der Waals surface area contributed by atoms with Crippen LogP contribution in [0, 0.1) is 152 Å². The van der Waals surface area contributed by atoms with Gasteiger partial charge in [-0.25, -0.2) is 9.98 Å². The zero-order valence-corrected chi connectivity index (χ0v) is 69.7. The van der Waals surface area contributed by atoms with Crippen molar-refractivity contribution in [3.05, 3.63) is 201 Å². The number of fused-ring (bicyclic) bond motifs is 12. The van der Waals surface area contributed by atoms with Crippen LogP contribution in [0.1, 0.15) is 234 Å². The fourth-order valence-electron chi connectivity index (χ4n) is 18.7. The smallest absolute Gasteiger partial charge is 0.155 e. The van der Waals surface area contributed by atoms with Gasteiger partial charge in [0.25, 0.3) is 0 Å². The number of hydrogen-bond donors (Lipinski definition) is 0. The Kier molecular flexibility index (Phi) is 22.0. The molecule has 7 aliphatic rings. The van der Waals surface area contributed by atoms with Gasteiger partial charge in [-0.1, -0.05) is 0 Å². The van der Waals surface area contributed by atoms with E-state index in [0.717, 1.165) is 46.4 Å². The number of rotatable bonds is 0. The van der Waals surface area contributed by atoms with Crippen molar-refractivity contribution in [3.8, 4) is 0 Å². The van der Waals surface area contributed by atoms with Crippen molar-refractivity contribution in [3.63, 3.8) is 0 Å². The first-order chi connectivity index (χ1) is 48.6. The molecule has 0 N–H and O–H groups in total. The van der Waals surface area contributed by atoms with E-state index in [2.05, 4.69) is 246 Å². The van der Waals surface area contributed by atoms with E-state index in [1.165, 1.54) is 241 Å². The summed E-state index contributed by atoms with van der Waals surface area (Å²) in [5, 5.41) is 5.99. The number of aliphatic imine (C=N–C) groups is 8. The van der Waals surface area contributed by atoms with Crippen LogP contribution in [0.25, 0.3) is 21.5 Å². The fraction of sp³-hybridized carbons (Fsp3) is 0.473. The summed E-state index contributed by atoms with van der Waals surface area (Å²) in [6.45, 7) is 53.1. The highest BCUT2D eigenvalue weighted by molar-refractivity contribution is 6.28. The van der Waals surface area contributed by atoms with Crippen LogP contribution >= 0.6 is 0 Å². The Labute approximate surface area is 618 Å². The lowest BCUT2D eigenvalue weighted by Crippen LogP contribution is -2.26. The lowest BCUT2D eigenvalue weighted by atomic mass is 9.88. The van der Waals surface area contributed by atoms with Gasteiger partial charge in [-0.2, -0.15) is 0 Å². The van der Waals surface area contributed by atoms with E-state index in [0.29, 0.717) is 0 Å². The fourth-order valence-corrected chi connectivity index (χ4v) is 18.7. The summed E-state index contributed by atoms with van der Waals surface area (Å²) in [4.78, 5) is 39.9. The highest BCUT2D eigenvalue weighted by atomic mass is 15.2. The lowest BCUT2D eigenvalue weighted by molar-refractivity contribution is 0.765. The largest absolute Gasteiger partial charge is 0.351 e. The molecular weight excluding hydrogens is 1260 g/mol. The number of nitrogens with zero attached hydrogens (tertiary/aromatic N) is 12. The molecule has 544 valence electrons. The summed E-state index contributed by atoms with van der Waals surface area (Å²) in [6, 6.07) is 0. The molecular formula is C91H120N12. The maximum atomic E-state index is 4.62. The molecule has 4 aliphatic heterocycles. The number of benzene rings is 6. The Morgan fingerprint density at radius 1 is 0.223 bits per heavy atom. The van der Waals surface area contributed by atoms with E-state index in [1.807, 2.05) is 49.3 Å². The van der Waals surface area contributed by atoms with Crippen molar-refractivity contribution in [1.29, 1.82) is 0 Å². The molecule has 0 radical (unpaired) electrons. The minimum atomic E-state index is 0.885. The van der Waals surface area contributed by atoms with Crippen molar-refractivity contribution < 1.29 is 0 Å². The first-order valence-corrected chi connectivity index (χ1v) is 37.6. The number of hydrogen-bond acceptors (Lipinski definition) is 6. The number of aryl methyl sites for hydroxylation is 8. The van der Waals surface area contributed by atoms with Crippen LogP contribution in [-0.2, 0) is 52.6 Å². The molecule has 0 saturated heterocycles. The van der Waals surface area contributed by atoms with Gasteiger partial charge < -0.3 is 18.9 Å². The van der Waals surface area contributed by atoms with Gasteiger partial charge in [0.1, 0.15) is 23.3 Å². The Morgan fingerprint density at radius 2 is 0.466 bits per heavy atom. The van der Waals surface area contributed by atoms with Crippen LogP contribution in [0.5, 0.6) is 0 Å². The van der Waals surface area contributed by atoms with Gasteiger partial charge in [-0.05, 0) is 357 Å². The molecule has 0 atom stereocenters. The lowest BCUT2D eigenvalue weighted by Gasteiger charge is -2.15. The highest BCUT2D eigenvalue weighted by Gasteiger charge is 2.38. The SMILES string of the molecule is CN=C1N=C(C)c2c(C)c(C)c(C)c(C)c21.CN=C1N=C(C)c2c3c(c(C)c(C)c21)CCC3.CN=C1c2c(C)c(C)c(C)c(C)c2C(=NC)N1C.CN=C1c2c(C)c(C)c3c(c2C(=NC)N1C)CCC3.Cc1c(C)c(C)c2c(C)n(C)c(C)c2c1C.Cc1c2c(c3c(C)n(C)c(C)c3c1C)CCC2. The van der Waals surface area contributed by atoms with E-state index in [1.54, 1.807) is 38.8 Å². The van der Waals surface area contributed by atoms with Gasteiger partial charge in [0.15, 0.2) is 11.7 Å². The molecule has 3 aliphatic carbocycles. The summed E-state index contributed by atoms with van der Waals surface area (Å²) >= 11 is 0. The first kappa shape index (κ1) is 77.0. The van der Waals surface area contributed by atoms with Crippen LogP contribution in [0.4, 0.5) is 0 Å². The molecule has 0 saturated carbocycles. The van der Waals surface area contributed by atoms with Crippen LogP contribution in [0.3, 0.4) is 0 Å². The van der Waals surface area contributed by atoms with E-state index in [-0.39, 0.29) is 0 Å². The van der Waals surface area contributed by atoms with Crippen molar-refractivity contribution >= 4 is 68.0 Å². The summed E-state index contributed by atoms with van der Waals surface area (Å²) in [5.41, 5.74) is 53.0. The molecule has 15 rings (SSSR count). The maximum absolute atomic E-state index is 4.62. The second-order valence-electron chi connectivity index (χ2n) is 30.4. The molecule has 0 bridgehead atoms. The van der Waals surface area contributed by atoms with Gasteiger partial charge in [0, 0.05) is 171 Å². The first-order valence-electron chi connectivity index (χ1n) is 37.6. The molecule has 2 aromatic heterocycles. The van der Waals surface area contributed by atoms with Gasteiger partial charge in [-0.3, -0.25) is 30.0 Å². The summed E-state index contributed by atoms with van der Waals surface area (Å²) in [7, 11) is 19.6. The average molecular weight is 1380 g/mol. The standard InChI is InChI=1S/C16H21N3.C16H21N.C15H21N3.C15H18N2.C15H21N.C14H18N2/c1-9-10(2)13-14(12-8-6-7-11(9)12)16(18-4)19(5)15(13)17-3;1-9-10(2)15-11(3)17(5)12(4)16(15)14-8-6-7-13(9)14;1-8-9(2)11(4)13-12(10(8)3)14(16-5)18(7)15(13)17-6;1-8-9(2)13-14(10(3)17-15(13)16-4)12-7-5-6-11(8)12;1-8-9(2)11(4)15-13(6)16(7)12(5)14(15)10(8)3;1-7-8(2)10(4)13-12(9(7)3)11(5)16-14(13)15-6/h6-8H2,1-5H3;6-8H2,1-5H3;1-7H3;5-7H2,1-4H3;1-7H3;1-6H3. The highest BCUT2D eigenvalue weighted by Crippen LogP contribution is 2.43. The van der Waals surface area contributed by atoms with Crippen LogP contribution in [0.2, 0.25) is 0 Å². The topological polar surface area (TPSA) is 115 Å².